The van der Waals surface area contributed by atoms with Gasteiger partial charge >= 0.3 is 0 Å². The lowest BCUT2D eigenvalue weighted by Gasteiger charge is -2.20. The number of rotatable bonds is 1. The second kappa shape index (κ2) is 5.24. The molecule has 0 radical (unpaired) electrons. The Morgan fingerprint density at radius 3 is 2.00 bits per heavy atom. The molecule has 4 heteroatoms. The maximum atomic E-state index is 11.6. The van der Waals surface area contributed by atoms with Crippen molar-refractivity contribution in [1.29, 1.82) is 10.5 Å². The van der Waals surface area contributed by atoms with Crippen LogP contribution in [-0.4, -0.2) is 23.9 Å². The van der Waals surface area contributed by atoms with E-state index in [0.717, 1.165) is 25.7 Å². The van der Waals surface area contributed by atoms with Crippen LogP contribution in [0.25, 0.3) is 0 Å². The van der Waals surface area contributed by atoms with E-state index in [1.807, 2.05) is 0 Å². The lowest BCUT2D eigenvalue weighted by molar-refractivity contribution is -0.132. The van der Waals surface area contributed by atoms with Gasteiger partial charge in [0.15, 0.2) is 0 Å². The fourth-order valence-electron chi connectivity index (χ4n) is 1.61. The largest absolute Gasteiger partial charge is 0.341 e. The summed E-state index contributed by atoms with van der Waals surface area (Å²) in [6.07, 6.45) is 4.23. The molecule has 1 aliphatic heterocycles. The molecule has 0 aromatic rings. The van der Waals surface area contributed by atoms with Gasteiger partial charge in [0.25, 0.3) is 5.91 Å². The summed E-state index contributed by atoms with van der Waals surface area (Å²) in [5, 5.41) is 17.2. The Bertz CT molecular complexity index is 265. The third kappa shape index (κ3) is 2.47. The summed E-state index contributed by atoms with van der Waals surface area (Å²) < 4.78 is 0. The summed E-state index contributed by atoms with van der Waals surface area (Å²) in [5.74, 6) is -1.44. The highest BCUT2D eigenvalue weighted by Gasteiger charge is 2.24. The van der Waals surface area contributed by atoms with Crippen molar-refractivity contribution in [3.8, 4) is 12.1 Å². The molecule has 14 heavy (non-hydrogen) atoms. The zero-order valence-electron chi connectivity index (χ0n) is 8.07. The predicted molar refractivity (Wildman–Crippen MR) is 49.8 cm³/mol. The van der Waals surface area contributed by atoms with Gasteiger partial charge in [0.2, 0.25) is 5.92 Å². The lowest BCUT2D eigenvalue weighted by atomic mass is 10.1. The number of nitrogens with zero attached hydrogens (tertiary/aromatic N) is 3. The number of carbonyl (C=O) groups is 1. The van der Waals surface area contributed by atoms with Crippen molar-refractivity contribution in [1.82, 2.24) is 4.90 Å². The van der Waals surface area contributed by atoms with Gasteiger partial charge in [-0.2, -0.15) is 10.5 Å². The van der Waals surface area contributed by atoms with Gasteiger partial charge in [-0.1, -0.05) is 12.8 Å². The molecule has 1 amide bonds. The Balaban J connectivity index is 2.59. The third-order valence-corrected chi connectivity index (χ3v) is 2.42. The fraction of sp³-hybridized carbons (Fsp3) is 0.700. The molecule has 0 unspecified atom stereocenters. The molecular formula is C10H13N3O. The van der Waals surface area contributed by atoms with E-state index >= 15 is 0 Å². The Morgan fingerprint density at radius 1 is 1.07 bits per heavy atom. The summed E-state index contributed by atoms with van der Waals surface area (Å²) in [7, 11) is 0. The van der Waals surface area contributed by atoms with Gasteiger partial charge in [-0.05, 0) is 12.8 Å². The van der Waals surface area contributed by atoms with E-state index in [0.29, 0.717) is 13.1 Å². The van der Waals surface area contributed by atoms with Crippen LogP contribution in [0.2, 0.25) is 0 Å². The normalized spacial score (nSPS) is 16.9. The molecule has 0 spiro atoms. The smallest absolute Gasteiger partial charge is 0.254 e. The summed E-state index contributed by atoms with van der Waals surface area (Å²) in [6, 6.07) is 3.43. The molecule has 4 nitrogen and oxygen atoms in total. The van der Waals surface area contributed by atoms with Crippen LogP contribution >= 0.6 is 0 Å². The monoisotopic (exact) mass is 191 g/mol. The van der Waals surface area contributed by atoms with E-state index in [4.69, 9.17) is 10.5 Å². The summed E-state index contributed by atoms with van der Waals surface area (Å²) in [4.78, 5) is 13.2. The minimum absolute atomic E-state index is 0.322. The first kappa shape index (κ1) is 10.5. The van der Waals surface area contributed by atoms with Crippen molar-refractivity contribution >= 4 is 5.91 Å². The molecule has 0 N–H and O–H groups in total. The van der Waals surface area contributed by atoms with E-state index in [-0.39, 0.29) is 5.91 Å². The van der Waals surface area contributed by atoms with Crippen molar-refractivity contribution in [3.63, 3.8) is 0 Å². The minimum atomic E-state index is -1.12. The number of hydrogen-bond donors (Lipinski definition) is 0. The Hall–Kier alpha value is -1.55. The highest BCUT2D eigenvalue weighted by molar-refractivity contribution is 5.83. The van der Waals surface area contributed by atoms with E-state index in [1.165, 1.54) is 0 Å². The molecular weight excluding hydrogens is 178 g/mol. The Kier molecular flexibility index (Phi) is 3.94. The van der Waals surface area contributed by atoms with E-state index in [1.54, 1.807) is 17.0 Å². The van der Waals surface area contributed by atoms with Crippen LogP contribution in [0.4, 0.5) is 0 Å². The van der Waals surface area contributed by atoms with Crippen LogP contribution in [0.3, 0.4) is 0 Å². The van der Waals surface area contributed by atoms with Gasteiger partial charge in [-0.15, -0.1) is 0 Å². The van der Waals surface area contributed by atoms with Crippen LogP contribution in [0.1, 0.15) is 25.7 Å². The lowest BCUT2D eigenvalue weighted by Crippen LogP contribution is -2.35. The van der Waals surface area contributed by atoms with Gasteiger partial charge in [0.05, 0.1) is 12.1 Å². The molecule has 0 atom stereocenters. The van der Waals surface area contributed by atoms with E-state index < -0.39 is 5.92 Å². The van der Waals surface area contributed by atoms with Crippen molar-refractivity contribution in [3.05, 3.63) is 0 Å². The van der Waals surface area contributed by atoms with Crippen LogP contribution in [0.5, 0.6) is 0 Å². The summed E-state index contributed by atoms with van der Waals surface area (Å²) in [6.45, 7) is 1.39. The molecule has 0 aliphatic carbocycles. The van der Waals surface area contributed by atoms with Gasteiger partial charge < -0.3 is 4.90 Å². The summed E-state index contributed by atoms with van der Waals surface area (Å²) >= 11 is 0. The first-order chi connectivity index (χ1) is 6.79. The van der Waals surface area contributed by atoms with Crippen molar-refractivity contribution in [2.24, 2.45) is 5.92 Å². The third-order valence-electron chi connectivity index (χ3n) is 2.42. The Morgan fingerprint density at radius 2 is 1.57 bits per heavy atom. The minimum Gasteiger partial charge on any atom is -0.341 e. The maximum absolute atomic E-state index is 11.6. The standard InChI is InChI=1S/C10H13N3O/c11-7-9(8-12)10(14)13-5-3-1-2-4-6-13/h9H,1-6H2. The number of hydrogen-bond acceptors (Lipinski definition) is 3. The van der Waals surface area contributed by atoms with E-state index in [9.17, 15) is 4.79 Å². The average molecular weight is 191 g/mol. The van der Waals surface area contributed by atoms with E-state index in [2.05, 4.69) is 0 Å². The zero-order valence-corrected chi connectivity index (χ0v) is 8.07. The zero-order chi connectivity index (χ0) is 10.4. The van der Waals surface area contributed by atoms with Gasteiger partial charge in [0.1, 0.15) is 0 Å². The molecule has 1 fully saturated rings. The second-order valence-corrected chi connectivity index (χ2v) is 3.43. The summed E-state index contributed by atoms with van der Waals surface area (Å²) in [5.41, 5.74) is 0. The highest BCUT2D eigenvalue weighted by Crippen LogP contribution is 2.12. The van der Waals surface area contributed by atoms with Crippen LogP contribution in [0, 0.1) is 28.6 Å². The van der Waals surface area contributed by atoms with Crippen molar-refractivity contribution in [2.75, 3.05) is 13.1 Å². The molecule has 0 bridgehead atoms. The number of nitriles is 2. The number of amides is 1. The number of carbonyl (C=O) groups excluding carboxylic acids is 1. The average Bonchev–Trinajstić information content (AvgIpc) is 2.47. The van der Waals surface area contributed by atoms with Crippen LogP contribution < -0.4 is 0 Å². The predicted octanol–water partition coefficient (Wildman–Crippen LogP) is 1.05. The van der Waals surface area contributed by atoms with Gasteiger partial charge in [-0.25, -0.2) is 0 Å². The second-order valence-electron chi connectivity index (χ2n) is 3.43. The van der Waals surface area contributed by atoms with Gasteiger partial charge in [0, 0.05) is 13.1 Å². The molecule has 74 valence electrons. The molecule has 0 aromatic carbocycles. The van der Waals surface area contributed by atoms with Crippen molar-refractivity contribution in [2.45, 2.75) is 25.7 Å². The van der Waals surface area contributed by atoms with Crippen LogP contribution in [0.15, 0.2) is 0 Å². The topological polar surface area (TPSA) is 67.9 Å². The van der Waals surface area contributed by atoms with Crippen molar-refractivity contribution < 1.29 is 4.79 Å². The Labute approximate surface area is 83.7 Å². The van der Waals surface area contributed by atoms with Gasteiger partial charge in [-0.3, -0.25) is 4.79 Å². The molecule has 0 aromatic heterocycles. The van der Waals surface area contributed by atoms with Crippen LogP contribution in [-0.2, 0) is 4.79 Å². The fourth-order valence-corrected chi connectivity index (χ4v) is 1.61. The highest BCUT2D eigenvalue weighted by atomic mass is 16.2. The first-order valence-electron chi connectivity index (χ1n) is 4.87. The first-order valence-corrected chi connectivity index (χ1v) is 4.87. The molecule has 1 saturated heterocycles. The maximum Gasteiger partial charge on any atom is 0.254 e. The molecule has 1 rings (SSSR count). The molecule has 1 heterocycles. The number of likely N-dealkylation sites (tertiary alicyclic amines) is 1. The SMILES string of the molecule is N#CC(C#N)C(=O)N1CCCCCC1. The quantitative estimate of drug-likeness (QED) is 0.622. The molecule has 0 saturated carbocycles. The molecule has 1 aliphatic rings.